The molecule has 1 fully saturated rings. The second-order valence-electron chi connectivity index (χ2n) is 5.83. The molecule has 2 atom stereocenters. The summed E-state index contributed by atoms with van der Waals surface area (Å²) in [6, 6.07) is 8.45. The lowest BCUT2D eigenvalue weighted by Crippen LogP contribution is -2.51. The summed E-state index contributed by atoms with van der Waals surface area (Å²) in [5, 5.41) is 9.12. The Bertz CT molecular complexity index is 450. The van der Waals surface area contributed by atoms with Crippen molar-refractivity contribution in [2.75, 3.05) is 0 Å². The minimum atomic E-state index is -0.764. The maximum absolute atomic E-state index is 11.1. The van der Waals surface area contributed by atoms with Gasteiger partial charge in [-0.05, 0) is 48.6 Å². The number of rotatable bonds is 2. The van der Waals surface area contributed by atoms with E-state index in [0.717, 1.165) is 25.7 Å². The highest BCUT2D eigenvalue weighted by Gasteiger charge is 2.49. The van der Waals surface area contributed by atoms with E-state index in [4.69, 9.17) is 10.8 Å². The molecular formula is C15H19NO2. The molecule has 1 saturated carbocycles. The van der Waals surface area contributed by atoms with Crippen molar-refractivity contribution in [1.29, 1.82) is 0 Å². The number of fused-ring (bicyclic) bond motifs is 3. The first-order valence-corrected chi connectivity index (χ1v) is 6.67. The van der Waals surface area contributed by atoms with Crippen molar-refractivity contribution in [1.82, 2.24) is 0 Å². The fourth-order valence-corrected chi connectivity index (χ4v) is 3.89. The average Bonchev–Trinajstić information content (AvgIpc) is 2.50. The number of benzene rings is 1. The van der Waals surface area contributed by atoms with Crippen LogP contribution in [0.25, 0.3) is 0 Å². The molecule has 3 heteroatoms. The van der Waals surface area contributed by atoms with Crippen molar-refractivity contribution in [2.24, 2.45) is 17.6 Å². The second kappa shape index (κ2) is 4.09. The largest absolute Gasteiger partial charge is 0.481 e. The Morgan fingerprint density at radius 1 is 1.22 bits per heavy atom. The van der Waals surface area contributed by atoms with Crippen LogP contribution < -0.4 is 5.73 Å². The SMILES string of the molecule is NC1(CC(=O)O)C2CCC1Cc1ccccc1C2. The molecule has 2 aliphatic rings. The summed E-state index contributed by atoms with van der Waals surface area (Å²) in [5.74, 6) is -0.121. The first kappa shape index (κ1) is 11.7. The van der Waals surface area contributed by atoms with E-state index in [1.165, 1.54) is 11.1 Å². The Morgan fingerprint density at radius 3 is 2.17 bits per heavy atom. The monoisotopic (exact) mass is 245 g/mol. The topological polar surface area (TPSA) is 63.3 Å². The maximum atomic E-state index is 11.1. The van der Waals surface area contributed by atoms with E-state index in [1.54, 1.807) is 0 Å². The molecular weight excluding hydrogens is 226 g/mol. The van der Waals surface area contributed by atoms with Gasteiger partial charge in [0, 0.05) is 5.54 Å². The van der Waals surface area contributed by atoms with Gasteiger partial charge in [0.1, 0.15) is 0 Å². The van der Waals surface area contributed by atoms with Crippen LogP contribution in [-0.2, 0) is 17.6 Å². The molecule has 1 aromatic carbocycles. The second-order valence-corrected chi connectivity index (χ2v) is 5.83. The van der Waals surface area contributed by atoms with Crippen LogP contribution in [0, 0.1) is 11.8 Å². The smallest absolute Gasteiger partial charge is 0.305 e. The third-order valence-corrected chi connectivity index (χ3v) is 4.89. The van der Waals surface area contributed by atoms with Crippen LogP contribution in [0.5, 0.6) is 0 Å². The molecule has 0 aliphatic heterocycles. The number of nitrogens with two attached hydrogens (primary N) is 1. The quantitative estimate of drug-likeness (QED) is 0.837. The molecule has 2 unspecified atom stereocenters. The Morgan fingerprint density at radius 2 is 1.72 bits per heavy atom. The third kappa shape index (κ3) is 1.74. The number of carboxylic acids is 1. The molecule has 3 N–H and O–H groups in total. The van der Waals surface area contributed by atoms with E-state index >= 15 is 0 Å². The van der Waals surface area contributed by atoms with Gasteiger partial charge in [-0.25, -0.2) is 0 Å². The Kier molecular flexibility index (Phi) is 2.67. The molecule has 2 aliphatic carbocycles. The van der Waals surface area contributed by atoms with Crippen LogP contribution in [0.15, 0.2) is 24.3 Å². The molecule has 3 rings (SSSR count). The van der Waals surface area contributed by atoms with Crippen molar-refractivity contribution in [3.05, 3.63) is 35.4 Å². The normalized spacial score (nSPS) is 33.8. The number of hydrogen-bond donors (Lipinski definition) is 2. The Balaban J connectivity index is 1.97. The van der Waals surface area contributed by atoms with Gasteiger partial charge in [0.25, 0.3) is 0 Å². The van der Waals surface area contributed by atoms with Gasteiger partial charge >= 0.3 is 5.97 Å². The lowest BCUT2D eigenvalue weighted by Gasteiger charge is -2.33. The summed E-state index contributed by atoms with van der Waals surface area (Å²) < 4.78 is 0. The van der Waals surface area contributed by atoms with Gasteiger partial charge in [-0.15, -0.1) is 0 Å². The van der Waals surface area contributed by atoms with Gasteiger partial charge in [-0.2, -0.15) is 0 Å². The molecule has 0 amide bonds. The highest BCUT2D eigenvalue weighted by Crippen LogP contribution is 2.47. The summed E-state index contributed by atoms with van der Waals surface area (Å²) >= 11 is 0. The zero-order valence-corrected chi connectivity index (χ0v) is 10.4. The molecule has 0 saturated heterocycles. The van der Waals surface area contributed by atoms with E-state index < -0.39 is 11.5 Å². The highest BCUT2D eigenvalue weighted by molar-refractivity contribution is 5.68. The first-order chi connectivity index (χ1) is 8.59. The van der Waals surface area contributed by atoms with Crippen molar-refractivity contribution < 1.29 is 9.90 Å². The van der Waals surface area contributed by atoms with Crippen LogP contribution in [0.3, 0.4) is 0 Å². The van der Waals surface area contributed by atoms with Crippen LogP contribution in [0.4, 0.5) is 0 Å². The van der Waals surface area contributed by atoms with E-state index in [2.05, 4.69) is 24.3 Å². The average molecular weight is 245 g/mol. The first-order valence-electron chi connectivity index (χ1n) is 6.67. The molecule has 0 aromatic heterocycles. The van der Waals surface area contributed by atoms with Crippen molar-refractivity contribution in [3.63, 3.8) is 0 Å². The molecule has 0 radical (unpaired) electrons. The van der Waals surface area contributed by atoms with E-state index in [0.29, 0.717) is 11.8 Å². The van der Waals surface area contributed by atoms with Crippen LogP contribution in [0.1, 0.15) is 30.4 Å². The summed E-state index contributed by atoms with van der Waals surface area (Å²) in [5.41, 5.74) is 8.73. The van der Waals surface area contributed by atoms with Gasteiger partial charge < -0.3 is 10.8 Å². The zero-order valence-electron chi connectivity index (χ0n) is 10.4. The van der Waals surface area contributed by atoms with Gasteiger partial charge in [0.15, 0.2) is 0 Å². The fraction of sp³-hybridized carbons (Fsp3) is 0.533. The minimum Gasteiger partial charge on any atom is -0.481 e. The van der Waals surface area contributed by atoms with E-state index in [-0.39, 0.29) is 6.42 Å². The third-order valence-electron chi connectivity index (χ3n) is 4.89. The standard InChI is InChI=1S/C15H19NO2/c16-15(9-14(17)18)12-5-6-13(15)8-11-4-2-1-3-10(11)7-12/h1-4,12-13H,5-9,16H2,(H,17,18). The van der Waals surface area contributed by atoms with Crippen molar-refractivity contribution >= 4 is 5.97 Å². The van der Waals surface area contributed by atoms with Crippen LogP contribution in [0.2, 0.25) is 0 Å². The molecule has 3 nitrogen and oxygen atoms in total. The number of carboxylic acid groups (broad SMARTS) is 1. The van der Waals surface area contributed by atoms with Gasteiger partial charge in [0.2, 0.25) is 0 Å². The lowest BCUT2D eigenvalue weighted by molar-refractivity contribution is -0.139. The maximum Gasteiger partial charge on any atom is 0.305 e. The number of hydrogen-bond acceptors (Lipinski definition) is 2. The van der Waals surface area contributed by atoms with E-state index in [1.807, 2.05) is 0 Å². The van der Waals surface area contributed by atoms with Gasteiger partial charge in [-0.1, -0.05) is 24.3 Å². The summed E-state index contributed by atoms with van der Waals surface area (Å²) in [7, 11) is 0. The minimum absolute atomic E-state index is 0.107. The molecule has 18 heavy (non-hydrogen) atoms. The Hall–Kier alpha value is -1.35. The van der Waals surface area contributed by atoms with Crippen molar-refractivity contribution in [2.45, 2.75) is 37.6 Å². The molecule has 2 bridgehead atoms. The summed E-state index contributed by atoms with van der Waals surface area (Å²) in [6.45, 7) is 0. The van der Waals surface area contributed by atoms with Crippen LogP contribution >= 0.6 is 0 Å². The predicted octanol–water partition coefficient (Wildman–Crippen LogP) is 1.98. The van der Waals surface area contributed by atoms with Crippen molar-refractivity contribution in [3.8, 4) is 0 Å². The zero-order chi connectivity index (χ0) is 12.8. The number of carbonyl (C=O) groups is 1. The molecule has 96 valence electrons. The fourth-order valence-electron chi connectivity index (χ4n) is 3.89. The molecule has 0 spiro atoms. The molecule has 1 aromatic rings. The number of aliphatic carboxylic acids is 1. The highest BCUT2D eigenvalue weighted by atomic mass is 16.4. The van der Waals surface area contributed by atoms with E-state index in [9.17, 15) is 4.79 Å². The lowest BCUT2D eigenvalue weighted by atomic mass is 9.77. The molecule has 0 heterocycles. The summed E-state index contributed by atoms with van der Waals surface area (Å²) in [6.07, 6.45) is 4.13. The van der Waals surface area contributed by atoms with Crippen LogP contribution in [-0.4, -0.2) is 16.6 Å². The van der Waals surface area contributed by atoms with Gasteiger partial charge in [0.05, 0.1) is 6.42 Å². The predicted molar refractivity (Wildman–Crippen MR) is 69.2 cm³/mol. The Labute approximate surface area is 107 Å². The summed E-state index contributed by atoms with van der Waals surface area (Å²) in [4.78, 5) is 11.1. The van der Waals surface area contributed by atoms with Gasteiger partial charge in [-0.3, -0.25) is 4.79 Å².